The molecule has 0 bridgehead atoms. The molecule has 7 heteroatoms. The number of likely N-dealkylation sites (N-methyl/N-ethyl adjacent to an activating group) is 1. The van der Waals surface area contributed by atoms with Gasteiger partial charge in [-0.3, -0.25) is 4.98 Å². The van der Waals surface area contributed by atoms with Gasteiger partial charge in [0, 0.05) is 38.2 Å². The quantitative estimate of drug-likeness (QED) is 0.779. The van der Waals surface area contributed by atoms with E-state index in [1.807, 2.05) is 0 Å². The molecule has 1 atom stereocenters. The summed E-state index contributed by atoms with van der Waals surface area (Å²) in [5, 5.41) is 8.64. The third-order valence-corrected chi connectivity index (χ3v) is 4.67. The Morgan fingerprint density at radius 2 is 2.20 bits per heavy atom. The molecule has 20 heavy (non-hydrogen) atoms. The van der Waals surface area contributed by atoms with Gasteiger partial charge >= 0.3 is 0 Å². The van der Waals surface area contributed by atoms with E-state index in [0.717, 1.165) is 0 Å². The lowest BCUT2D eigenvalue weighted by Crippen LogP contribution is -2.37. The van der Waals surface area contributed by atoms with Gasteiger partial charge in [-0.05, 0) is 13.0 Å². The number of aliphatic hydroxyl groups is 1. The van der Waals surface area contributed by atoms with E-state index in [9.17, 15) is 8.42 Å². The molecule has 0 amide bonds. The summed E-state index contributed by atoms with van der Waals surface area (Å²) in [6.07, 6.45) is 2.72. The van der Waals surface area contributed by atoms with Gasteiger partial charge in [-0.2, -0.15) is 4.31 Å². The van der Waals surface area contributed by atoms with Crippen molar-refractivity contribution in [3.8, 4) is 11.8 Å². The Morgan fingerprint density at radius 3 is 2.80 bits per heavy atom. The van der Waals surface area contributed by atoms with Crippen molar-refractivity contribution in [3.63, 3.8) is 0 Å². The fourth-order valence-corrected chi connectivity index (χ4v) is 2.86. The van der Waals surface area contributed by atoms with Crippen LogP contribution in [0, 0.1) is 11.8 Å². The third-order valence-electron chi connectivity index (χ3n) is 2.73. The van der Waals surface area contributed by atoms with Gasteiger partial charge < -0.3 is 9.84 Å². The van der Waals surface area contributed by atoms with Gasteiger partial charge in [0.05, 0.1) is 6.61 Å². The van der Waals surface area contributed by atoms with Crippen LogP contribution in [0.2, 0.25) is 0 Å². The van der Waals surface area contributed by atoms with Crippen LogP contribution in [-0.4, -0.2) is 56.2 Å². The third kappa shape index (κ3) is 4.02. The first-order valence-electron chi connectivity index (χ1n) is 5.95. The largest absolute Gasteiger partial charge is 0.384 e. The summed E-state index contributed by atoms with van der Waals surface area (Å²) >= 11 is 0. The van der Waals surface area contributed by atoms with Crippen LogP contribution in [0.3, 0.4) is 0 Å². The molecule has 1 unspecified atom stereocenters. The summed E-state index contributed by atoms with van der Waals surface area (Å²) in [4.78, 5) is 3.93. The second-order valence-corrected chi connectivity index (χ2v) is 6.19. The molecule has 0 spiro atoms. The number of pyridine rings is 1. The van der Waals surface area contributed by atoms with Crippen LogP contribution in [0.25, 0.3) is 0 Å². The summed E-state index contributed by atoms with van der Waals surface area (Å²) in [7, 11) is -0.639. The van der Waals surface area contributed by atoms with Crippen LogP contribution in [0.1, 0.15) is 12.5 Å². The van der Waals surface area contributed by atoms with Crippen molar-refractivity contribution < 1.29 is 18.3 Å². The number of aliphatic hydroxyl groups excluding tert-OH is 1. The summed E-state index contributed by atoms with van der Waals surface area (Å²) in [6, 6.07) is 1.14. The second kappa shape index (κ2) is 7.36. The predicted molar refractivity (Wildman–Crippen MR) is 74.5 cm³/mol. The molecule has 0 saturated heterocycles. The number of nitrogens with zero attached hydrogens (tertiary/aromatic N) is 2. The molecule has 1 heterocycles. The van der Waals surface area contributed by atoms with Gasteiger partial charge in [-0.15, -0.1) is 0 Å². The molecule has 1 aromatic rings. The summed E-state index contributed by atoms with van der Waals surface area (Å²) in [6.45, 7) is 1.76. The van der Waals surface area contributed by atoms with E-state index in [-0.39, 0.29) is 17.5 Å². The molecule has 1 rings (SSSR count). The van der Waals surface area contributed by atoms with Gasteiger partial charge in [-0.25, -0.2) is 8.42 Å². The van der Waals surface area contributed by atoms with Crippen LogP contribution in [0.5, 0.6) is 0 Å². The number of hydrogen-bond acceptors (Lipinski definition) is 5. The van der Waals surface area contributed by atoms with Crippen molar-refractivity contribution in [2.75, 3.05) is 27.4 Å². The first-order chi connectivity index (χ1) is 9.43. The van der Waals surface area contributed by atoms with Crippen molar-refractivity contribution in [2.24, 2.45) is 0 Å². The fourth-order valence-electron chi connectivity index (χ4n) is 1.52. The molecule has 0 aliphatic rings. The topological polar surface area (TPSA) is 79.7 Å². The smallest absolute Gasteiger partial charge is 0.244 e. The maximum atomic E-state index is 12.4. The number of rotatable bonds is 5. The minimum absolute atomic E-state index is 0.0627. The Kier molecular flexibility index (Phi) is 6.10. The van der Waals surface area contributed by atoms with E-state index in [0.29, 0.717) is 12.2 Å². The number of ether oxygens (including phenoxy) is 1. The minimum Gasteiger partial charge on any atom is -0.384 e. The molecule has 0 fully saturated rings. The fraction of sp³-hybridized carbons (Fsp3) is 0.462. The van der Waals surface area contributed by atoms with Gasteiger partial charge in [0.25, 0.3) is 0 Å². The van der Waals surface area contributed by atoms with Crippen molar-refractivity contribution >= 4 is 10.0 Å². The van der Waals surface area contributed by atoms with E-state index in [4.69, 9.17) is 9.84 Å². The van der Waals surface area contributed by atoms with E-state index in [1.165, 1.54) is 36.9 Å². The lowest BCUT2D eigenvalue weighted by Gasteiger charge is -2.23. The SMILES string of the molecule is COCC(C)N(C)S(=O)(=O)c1cncc(C#CCO)c1. The zero-order valence-corrected chi connectivity index (χ0v) is 12.5. The molecule has 0 radical (unpaired) electrons. The molecular formula is C13H18N2O4S. The Hall–Kier alpha value is -1.46. The number of methoxy groups -OCH3 is 1. The van der Waals surface area contributed by atoms with Crippen molar-refractivity contribution in [2.45, 2.75) is 17.9 Å². The average molecular weight is 298 g/mol. The van der Waals surface area contributed by atoms with Crippen molar-refractivity contribution in [1.82, 2.24) is 9.29 Å². The lowest BCUT2D eigenvalue weighted by molar-refractivity contribution is 0.149. The molecule has 0 aliphatic heterocycles. The van der Waals surface area contributed by atoms with Gasteiger partial charge in [0.1, 0.15) is 11.5 Å². The predicted octanol–water partition coefficient (Wildman–Crippen LogP) is 0.0808. The van der Waals surface area contributed by atoms with Crippen LogP contribution in [-0.2, 0) is 14.8 Å². The van der Waals surface area contributed by atoms with Gasteiger partial charge in [0.2, 0.25) is 10.0 Å². The highest BCUT2D eigenvalue weighted by Crippen LogP contribution is 2.16. The van der Waals surface area contributed by atoms with Crippen LogP contribution in [0.15, 0.2) is 23.4 Å². The Labute approximate surface area is 119 Å². The Bertz CT molecular complexity index is 604. The van der Waals surface area contributed by atoms with Gasteiger partial charge in [0.15, 0.2) is 0 Å². The molecule has 1 aromatic heterocycles. The maximum Gasteiger partial charge on any atom is 0.244 e. The minimum atomic E-state index is -3.65. The first kappa shape index (κ1) is 16.6. The highest BCUT2D eigenvalue weighted by Gasteiger charge is 2.25. The van der Waals surface area contributed by atoms with Crippen LogP contribution < -0.4 is 0 Å². The Balaban J connectivity index is 3.09. The molecule has 6 nitrogen and oxygen atoms in total. The molecule has 1 N–H and O–H groups in total. The second-order valence-electron chi connectivity index (χ2n) is 4.19. The standard InChI is InChI=1S/C13H18N2O4S/c1-11(10-19-3)15(2)20(17,18)13-7-12(5-4-6-16)8-14-9-13/h7-9,11,16H,6,10H2,1-3H3. The monoisotopic (exact) mass is 298 g/mol. The zero-order chi connectivity index (χ0) is 15.2. The van der Waals surface area contributed by atoms with Gasteiger partial charge in [-0.1, -0.05) is 11.8 Å². The molecule has 0 aromatic carbocycles. The highest BCUT2D eigenvalue weighted by atomic mass is 32.2. The number of aromatic nitrogens is 1. The average Bonchev–Trinajstić information content (AvgIpc) is 2.44. The summed E-state index contributed by atoms with van der Waals surface area (Å²) in [5.74, 6) is 5.08. The van der Waals surface area contributed by atoms with Crippen molar-refractivity contribution in [1.29, 1.82) is 0 Å². The highest BCUT2D eigenvalue weighted by molar-refractivity contribution is 7.89. The lowest BCUT2D eigenvalue weighted by atomic mass is 10.3. The maximum absolute atomic E-state index is 12.4. The first-order valence-corrected chi connectivity index (χ1v) is 7.39. The summed E-state index contributed by atoms with van der Waals surface area (Å²) < 4.78 is 31.0. The number of hydrogen-bond donors (Lipinski definition) is 1. The zero-order valence-electron chi connectivity index (χ0n) is 11.7. The van der Waals surface area contributed by atoms with E-state index < -0.39 is 10.0 Å². The van der Waals surface area contributed by atoms with Crippen LogP contribution >= 0.6 is 0 Å². The molecule has 110 valence electrons. The van der Waals surface area contributed by atoms with E-state index >= 15 is 0 Å². The molecule has 0 saturated carbocycles. The number of sulfonamides is 1. The van der Waals surface area contributed by atoms with E-state index in [1.54, 1.807) is 6.92 Å². The van der Waals surface area contributed by atoms with Crippen molar-refractivity contribution in [3.05, 3.63) is 24.0 Å². The molecular weight excluding hydrogens is 280 g/mol. The molecule has 0 aliphatic carbocycles. The Morgan fingerprint density at radius 1 is 1.50 bits per heavy atom. The van der Waals surface area contributed by atoms with Crippen LogP contribution in [0.4, 0.5) is 0 Å². The summed E-state index contributed by atoms with van der Waals surface area (Å²) in [5.41, 5.74) is 0.438. The normalized spacial score (nSPS) is 12.8. The van der Waals surface area contributed by atoms with E-state index in [2.05, 4.69) is 16.8 Å².